The highest BCUT2D eigenvalue weighted by Crippen LogP contribution is 2.12. The standard InChI is InChI=1S/C16H22N4O.ClH/c1-3-15-14(16(21)18-10-9-17-2)11-19-20(15)12-13-7-5-4-6-8-13;/h4-8,11,17H,3,9-10,12H2,1-2H3,(H,18,21);1H. The Kier molecular flexibility index (Phi) is 7.63. The van der Waals surface area contributed by atoms with Gasteiger partial charge in [0.25, 0.3) is 5.91 Å². The Hall–Kier alpha value is -1.85. The number of carbonyl (C=O) groups is 1. The minimum atomic E-state index is -0.0542. The van der Waals surface area contributed by atoms with Crippen LogP contribution in [0.5, 0.6) is 0 Å². The number of likely N-dealkylation sites (N-methyl/N-ethyl adjacent to an activating group) is 1. The Bertz CT molecular complexity index is 583. The molecule has 1 amide bonds. The summed E-state index contributed by atoms with van der Waals surface area (Å²) in [6.07, 6.45) is 2.44. The Morgan fingerprint density at radius 3 is 2.59 bits per heavy atom. The average molecular weight is 323 g/mol. The van der Waals surface area contributed by atoms with Gasteiger partial charge in [-0.2, -0.15) is 5.10 Å². The van der Waals surface area contributed by atoms with Crippen molar-refractivity contribution in [2.24, 2.45) is 0 Å². The van der Waals surface area contributed by atoms with Crippen LogP contribution >= 0.6 is 12.4 Å². The molecule has 2 aromatic rings. The molecule has 1 aromatic carbocycles. The van der Waals surface area contributed by atoms with Crippen LogP contribution in [0.25, 0.3) is 0 Å². The fourth-order valence-corrected chi connectivity index (χ4v) is 2.26. The smallest absolute Gasteiger partial charge is 0.254 e. The summed E-state index contributed by atoms with van der Waals surface area (Å²) in [4.78, 5) is 12.2. The summed E-state index contributed by atoms with van der Waals surface area (Å²) in [5, 5.41) is 10.3. The number of amides is 1. The number of nitrogens with zero attached hydrogens (tertiary/aromatic N) is 2. The molecule has 0 unspecified atom stereocenters. The first-order valence-electron chi connectivity index (χ1n) is 7.27. The van der Waals surface area contributed by atoms with Crippen LogP contribution in [0.1, 0.15) is 28.5 Å². The zero-order valence-corrected chi connectivity index (χ0v) is 13.8. The number of halogens is 1. The van der Waals surface area contributed by atoms with Gasteiger partial charge in [0.05, 0.1) is 24.0 Å². The highest BCUT2D eigenvalue weighted by molar-refractivity contribution is 5.95. The zero-order chi connectivity index (χ0) is 15.1. The Morgan fingerprint density at radius 2 is 1.95 bits per heavy atom. The van der Waals surface area contributed by atoms with E-state index in [0.717, 1.165) is 18.7 Å². The van der Waals surface area contributed by atoms with Crippen molar-refractivity contribution in [2.45, 2.75) is 19.9 Å². The number of aromatic nitrogens is 2. The third-order valence-corrected chi connectivity index (χ3v) is 3.36. The Balaban J connectivity index is 0.00000242. The van der Waals surface area contributed by atoms with Crippen molar-refractivity contribution >= 4 is 18.3 Å². The largest absolute Gasteiger partial charge is 0.351 e. The van der Waals surface area contributed by atoms with Gasteiger partial charge in [-0.25, -0.2) is 0 Å². The van der Waals surface area contributed by atoms with Crippen LogP contribution in [0.3, 0.4) is 0 Å². The molecule has 1 heterocycles. The van der Waals surface area contributed by atoms with Crippen LogP contribution in [0.15, 0.2) is 36.5 Å². The molecule has 0 bridgehead atoms. The van der Waals surface area contributed by atoms with E-state index in [1.165, 1.54) is 5.56 Å². The van der Waals surface area contributed by atoms with Crippen LogP contribution in [-0.2, 0) is 13.0 Å². The van der Waals surface area contributed by atoms with Crippen molar-refractivity contribution in [1.82, 2.24) is 20.4 Å². The number of hydrogen-bond donors (Lipinski definition) is 2. The molecule has 0 aliphatic heterocycles. The third kappa shape index (κ3) is 4.58. The molecule has 0 aliphatic rings. The average Bonchev–Trinajstić information content (AvgIpc) is 2.91. The number of rotatable bonds is 7. The fourth-order valence-electron chi connectivity index (χ4n) is 2.26. The normalized spacial score (nSPS) is 10.1. The summed E-state index contributed by atoms with van der Waals surface area (Å²) in [6, 6.07) is 10.1. The number of hydrogen-bond acceptors (Lipinski definition) is 3. The molecule has 6 heteroatoms. The SMILES string of the molecule is CCc1c(C(=O)NCCNC)cnn1Cc1ccccc1.Cl. The number of benzene rings is 1. The lowest BCUT2D eigenvalue weighted by atomic mass is 10.1. The molecule has 2 rings (SSSR count). The van der Waals surface area contributed by atoms with Gasteiger partial charge < -0.3 is 10.6 Å². The van der Waals surface area contributed by atoms with Gasteiger partial charge in [0.1, 0.15) is 0 Å². The van der Waals surface area contributed by atoms with Gasteiger partial charge in [0.2, 0.25) is 0 Å². The van der Waals surface area contributed by atoms with Gasteiger partial charge in [0, 0.05) is 13.1 Å². The molecule has 5 nitrogen and oxygen atoms in total. The van der Waals surface area contributed by atoms with Gasteiger partial charge in [-0.3, -0.25) is 9.48 Å². The topological polar surface area (TPSA) is 59.0 Å². The lowest BCUT2D eigenvalue weighted by molar-refractivity contribution is 0.0953. The van der Waals surface area contributed by atoms with Crippen LogP contribution < -0.4 is 10.6 Å². The maximum Gasteiger partial charge on any atom is 0.254 e. The molecule has 0 radical (unpaired) electrons. The zero-order valence-electron chi connectivity index (χ0n) is 13.0. The van der Waals surface area contributed by atoms with E-state index in [9.17, 15) is 4.79 Å². The maximum atomic E-state index is 12.2. The molecule has 0 saturated carbocycles. The summed E-state index contributed by atoms with van der Waals surface area (Å²) < 4.78 is 1.91. The Labute approximate surface area is 137 Å². The van der Waals surface area contributed by atoms with Crippen molar-refractivity contribution in [3.8, 4) is 0 Å². The predicted octanol–water partition coefficient (Wildman–Crippen LogP) is 1.86. The first-order valence-corrected chi connectivity index (χ1v) is 7.27. The van der Waals surface area contributed by atoms with E-state index in [-0.39, 0.29) is 18.3 Å². The third-order valence-electron chi connectivity index (χ3n) is 3.36. The second-order valence-electron chi connectivity index (χ2n) is 4.86. The van der Waals surface area contributed by atoms with Crippen molar-refractivity contribution in [2.75, 3.05) is 20.1 Å². The lowest BCUT2D eigenvalue weighted by Gasteiger charge is -2.08. The molecule has 22 heavy (non-hydrogen) atoms. The maximum absolute atomic E-state index is 12.2. The summed E-state index contributed by atoms with van der Waals surface area (Å²) in [6.45, 7) is 4.10. The molecule has 0 aliphatic carbocycles. The van der Waals surface area contributed by atoms with Gasteiger partial charge in [0.15, 0.2) is 0 Å². The van der Waals surface area contributed by atoms with E-state index >= 15 is 0 Å². The summed E-state index contributed by atoms with van der Waals surface area (Å²) >= 11 is 0. The molecule has 0 saturated heterocycles. The number of nitrogens with one attached hydrogen (secondary N) is 2. The van der Waals surface area contributed by atoms with E-state index in [4.69, 9.17) is 0 Å². The van der Waals surface area contributed by atoms with Crippen LogP contribution in [-0.4, -0.2) is 35.8 Å². The van der Waals surface area contributed by atoms with E-state index in [1.54, 1.807) is 6.20 Å². The monoisotopic (exact) mass is 322 g/mol. The van der Waals surface area contributed by atoms with E-state index in [2.05, 4.69) is 27.9 Å². The van der Waals surface area contributed by atoms with Gasteiger partial charge >= 0.3 is 0 Å². The van der Waals surface area contributed by atoms with E-state index in [1.807, 2.05) is 36.9 Å². The molecule has 1 aromatic heterocycles. The highest BCUT2D eigenvalue weighted by atomic mass is 35.5. The highest BCUT2D eigenvalue weighted by Gasteiger charge is 2.15. The fraction of sp³-hybridized carbons (Fsp3) is 0.375. The van der Waals surface area contributed by atoms with E-state index < -0.39 is 0 Å². The second kappa shape index (κ2) is 9.23. The molecule has 0 atom stereocenters. The van der Waals surface area contributed by atoms with Crippen molar-refractivity contribution in [1.29, 1.82) is 0 Å². The van der Waals surface area contributed by atoms with Gasteiger partial charge in [-0.05, 0) is 19.0 Å². The summed E-state index contributed by atoms with van der Waals surface area (Å²) in [5.41, 5.74) is 2.82. The quantitative estimate of drug-likeness (QED) is 0.765. The molecule has 0 fully saturated rings. The van der Waals surface area contributed by atoms with Gasteiger partial charge in [-0.15, -0.1) is 12.4 Å². The first kappa shape index (κ1) is 18.2. The molecular weight excluding hydrogens is 300 g/mol. The van der Waals surface area contributed by atoms with Gasteiger partial charge in [-0.1, -0.05) is 37.3 Å². The minimum Gasteiger partial charge on any atom is -0.351 e. The first-order chi connectivity index (χ1) is 10.3. The molecular formula is C16H23ClN4O. The summed E-state index contributed by atoms with van der Waals surface area (Å²) in [7, 11) is 1.86. The van der Waals surface area contributed by atoms with Crippen LogP contribution in [0, 0.1) is 0 Å². The minimum absolute atomic E-state index is 0. The predicted molar refractivity (Wildman–Crippen MR) is 90.7 cm³/mol. The molecule has 2 N–H and O–H groups in total. The molecule has 0 spiro atoms. The summed E-state index contributed by atoms with van der Waals surface area (Å²) in [5.74, 6) is -0.0542. The number of carbonyl (C=O) groups excluding carboxylic acids is 1. The van der Waals surface area contributed by atoms with Crippen molar-refractivity contribution in [3.63, 3.8) is 0 Å². The molecule has 120 valence electrons. The van der Waals surface area contributed by atoms with Crippen molar-refractivity contribution < 1.29 is 4.79 Å². The van der Waals surface area contributed by atoms with Crippen molar-refractivity contribution in [3.05, 3.63) is 53.3 Å². The lowest BCUT2D eigenvalue weighted by Crippen LogP contribution is -2.30. The second-order valence-corrected chi connectivity index (χ2v) is 4.86. The Morgan fingerprint density at radius 1 is 1.23 bits per heavy atom. The van der Waals surface area contributed by atoms with E-state index in [0.29, 0.717) is 18.7 Å². The van der Waals surface area contributed by atoms with Crippen LogP contribution in [0.2, 0.25) is 0 Å². The van der Waals surface area contributed by atoms with Crippen LogP contribution in [0.4, 0.5) is 0 Å².